The van der Waals surface area contributed by atoms with Crippen molar-refractivity contribution in [3.8, 4) is 34.6 Å². The van der Waals surface area contributed by atoms with Crippen LogP contribution in [0.3, 0.4) is 0 Å². The molecule has 2 saturated heterocycles. The molecule has 370 valence electrons. The minimum atomic E-state index is -1.81. The van der Waals surface area contributed by atoms with Gasteiger partial charge in [0, 0.05) is 52.8 Å². The van der Waals surface area contributed by atoms with Crippen LogP contribution in [0, 0.1) is 11.6 Å². The van der Waals surface area contributed by atoms with Gasteiger partial charge in [0.25, 0.3) is 0 Å². The summed E-state index contributed by atoms with van der Waals surface area (Å²) in [6.45, 7) is 6.50. The van der Waals surface area contributed by atoms with Crippen molar-refractivity contribution in [1.82, 2.24) is 34.6 Å². The first-order chi connectivity index (χ1) is 34.4. The molecule has 71 heavy (non-hydrogen) atoms. The van der Waals surface area contributed by atoms with Crippen LogP contribution in [0.15, 0.2) is 73.1 Å². The van der Waals surface area contributed by atoms with Crippen LogP contribution in [0.4, 0.5) is 24.8 Å². The highest BCUT2D eigenvalue weighted by atomic mass is 35.5. The molecule has 3 aliphatic heterocycles. The molecule has 3 fully saturated rings. The van der Waals surface area contributed by atoms with Crippen LogP contribution < -0.4 is 28.7 Å². The average molecular weight is 991 g/mol. The zero-order chi connectivity index (χ0) is 49.1. The molecule has 0 spiro atoms. The lowest BCUT2D eigenvalue weighted by Gasteiger charge is -2.37. The zero-order valence-corrected chi connectivity index (χ0v) is 41.1. The molecule has 11 rings (SSSR count). The van der Waals surface area contributed by atoms with Gasteiger partial charge in [0.1, 0.15) is 64.4 Å². The summed E-state index contributed by atoms with van der Waals surface area (Å²) in [7, 11) is 5.26. The van der Waals surface area contributed by atoms with Crippen LogP contribution in [0.25, 0.3) is 33.1 Å². The highest BCUT2D eigenvalue weighted by molar-refractivity contribution is 6.33. The van der Waals surface area contributed by atoms with E-state index in [0.717, 1.165) is 54.9 Å². The highest BCUT2D eigenvalue weighted by Crippen LogP contribution is 2.57. The van der Waals surface area contributed by atoms with Crippen LogP contribution in [0.5, 0.6) is 23.4 Å². The molecule has 0 N–H and O–H groups in total. The van der Waals surface area contributed by atoms with E-state index in [1.807, 2.05) is 74.3 Å². The standard InChI is InChI=1S/C53H55ClF3N9O5/c1-30-28-70-51-44-48(46(56)47(60-51)43-39-25-59-66(42-8-6-7-21-69-42)41(39)23-40(54)45(43)53(57)18-19-53)61-52(71-29-35-17-20-63(35)3)62-50(44)65(30)31(2)38-22-34(55)24-58-49(38)64(26-32-9-13-36(67-4)14-10-32)27-33-11-15-37(68-5)16-12-33/h9-16,22-25,30-31,35,42H,6-8,17-21,26-29H2,1-5H3/t30-,31+,35+,42?/m0/s1. The number of alkyl halides is 1. The predicted molar refractivity (Wildman–Crippen MR) is 264 cm³/mol. The number of aromatic nitrogens is 6. The van der Waals surface area contributed by atoms with E-state index in [1.165, 1.54) is 12.3 Å². The second-order valence-electron chi connectivity index (χ2n) is 19.1. The van der Waals surface area contributed by atoms with Gasteiger partial charge in [-0.1, -0.05) is 35.9 Å². The fraction of sp³-hybridized carbons (Fsp3) is 0.415. The fourth-order valence-corrected chi connectivity index (χ4v) is 10.6. The zero-order valence-electron chi connectivity index (χ0n) is 40.3. The fourth-order valence-electron chi connectivity index (χ4n) is 10.3. The largest absolute Gasteiger partial charge is 0.497 e. The number of ether oxygens (including phenoxy) is 5. The maximum atomic E-state index is 18.2. The third-order valence-corrected chi connectivity index (χ3v) is 14.8. The molecular formula is C53H55ClF3N9O5. The van der Waals surface area contributed by atoms with Gasteiger partial charge in [-0.05, 0) is 113 Å². The lowest BCUT2D eigenvalue weighted by atomic mass is 9.94. The molecule has 14 nitrogen and oxygen atoms in total. The summed E-state index contributed by atoms with van der Waals surface area (Å²) >= 11 is 7.07. The van der Waals surface area contributed by atoms with Crippen molar-refractivity contribution in [2.75, 3.05) is 57.4 Å². The molecule has 4 atom stereocenters. The third-order valence-electron chi connectivity index (χ3n) is 14.5. The van der Waals surface area contributed by atoms with Gasteiger partial charge in [-0.2, -0.15) is 15.1 Å². The highest BCUT2D eigenvalue weighted by Gasteiger charge is 2.49. The van der Waals surface area contributed by atoms with Gasteiger partial charge < -0.3 is 33.5 Å². The van der Waals surface area contributed by atoms with Crippen LogP contribution in [-0.4, -0.2) is 94.3 Å². The summed E-state index contributed by atoms with van der Waals surface area (Å²) in [4.78, 5) is 25.8. The van der Waals surface area contributed by atoms with Crippen LogP contribution >= 0.6 is 11.6 Å². The minimum absolute atomic E-state index is 0.0437. The van der Waals surface area contributed by atoms with Crippen molar-refractivity contribution in [2.24, 2.45) is 0 Å². The van der Waals surface area contributed by atoms with Crippen molar-refractivity contribution in [3.05, 3.63) is 112 Å². The van der Waals surface area contributed by atoms with Crippen molar-refractivity contribution in [2.45, 2.75) is 95.5 Å². The van der Waals surface area contributed by atoms with E-state index in [9.17, 15) is 0 Å². The molecule has 18 heteroatoms. The van der Waals surface area contributed by atoms with E-state index >= 15 is 13.2 Å². The molecule has 7 heterocycles. The monoisotopic (exact) mass is 989 g/mol. The van der Waals surface area contributed by atoms with E-state index in [0.29, 0.717) is 42.0 Å². The number of likely N-dealkylation sites (tertiary alicyclic amines) is 1. The Labute approximate surface area is 414 Å². The first kappa shape index (κ1) is 46.9. The summed E-state index contributed by atoms with van der Waals surface area (Å²) in [6, 6.07) is 17.6. The van der Waals surface area contributed by atoms with Gasteiger partial charge in [0.15, 0.2) is 12.0 Å². The van der Waals surface area contributed by atoms with E-state index in [2.05, 4.69) is 9.80 Å². The number of likely N-dealkylation sites (N-methyl/N-ethyl adjacent to an activating group) is 1. The van der Waals surface area contributed by atoms with Gasteiger partial charge in [-0.15, -0.1) is 0 Å². The number of hydrogen-bond acceptors (Lipinski definition) is 13. The molecule has 3 aromatic carbocycles. The molecule has 0 amide bonds. The van der Waals surface area contributed by atoms with E-state index < -0.39 is 29.4 Å². The van der Waals surface area contributed by atoms with Gasteiger partial charge in [0.2, 0.25) is 5.88 Å². The molecule has 0 bridgehead atoms. The van der Waals surface area contributed by atoms with Gasteiger partial charge in [-0.25, -0.2) is 27.8 Å². The van der Waals surface area contributed by atoms with E-state index in [1.54, 1.807) is 31.2 Å². The second-order valence-corrected chi connectivity index (χ2v) is 19.6. The lowest BCUT2D eigenvalue weighted by Crippen LogP contribution is -2.48. The van der Waals surface area contributed by atoms with Crippen molar-refractivity contribution in [1.29, 1.82) is 0 Å². The Balaban J connectivity index is 1.07. The number of fused-ring (bicyclic) bond motifs is 1. The first-order valence-electron chi connectivity index (χ1n) is 24.2. The molecule has 1 saturated carbocycles. The molecule has 0 radical (unpaired) electrons. The maximum Gasteiger partial charge on any atom is 0.319 e. The summed E-state index contributed by atoms with van der Waals surface area (Å²) in [6.07, 6.45) is 6.38. The molecule has 1 unspecified atom stereocenters. The Morgan fingerprint density at radius 1 is 0.930 bits per heavy atom. The Bertz CT molecular complexity index is 3070. The van der Waals surface area contributed by atoms with Gasteiger partial charge >= 0.3 is 6.01 Å². The van der Waals surface area contributed by atoms with Gasteiger partial charge in [-0.3, -0.25) is 4.90 Å². The number of anilines is 2. The summed E-state index contributed by atoms with van der Waals surface area (Å²) < 4.78 is 82.6. The lowest BCUT2D eigenvalue weighted by molar-refractivity contribution is -0.0366. The number of hydrogen-bond donors (Lipinski definition) is 0. The van der Waals surface area contributed by atoms with E-state index in [-0.39, 0.29) is 88.8 Å². The Hall–Kier alpha value is -6.43. The Kier molecular flexibility index (Phi) is 12.5. The number of nitrogens with zero attached hydrogens (tertiary/aromatic N) is 9. The van der Waals surface area contributed by atoms with Crippen LogP contribution in [0.2, 0.25) is 5.02 Å². The minimum Gasteiger partial charge on any atom is -0.497 e. The second kappa shape index (κ2) is 19.0. The molecule has 4 aliphatic rings. The van der Waals surface area contributed by atoms with Gasteiger partial charge in [0.05, 0.1) is 44.2 Å². The normalized spacial score (nSPS) is 20.0. The maximum absolute atomic E-state index is 18.2. The topological polar surface area (TPSA) is 125 Å². The van der Waals surface area contributed by atoms with E-state index in [4.69, 9.17) is 60.3 Å². The van der Waals surface area contributed by atoms with Crippen molar-refractivity contribution >= 4 is 45.0 Å². The first-order valence-corrected chi connectivity index (χ1v) is 24.6. The quantitative estimate of drug-likeness (QED) is 0.0969. The summed E-state index contributed by atoms with van der Waals surface area (Å²) in [5.74, 6) is 0.902. The number of methoxy groups -OCH3 is 2. The Morgan fingerprint density at radius 3 is 2.27 bits per heavy atom. The number of pyridine rings is 2. The predicted octanol–water partition coefficient (Wildman–Crippen LogP) is 10.7. The SMILES string of the molecule is COc1ccc(CN(Cc2ccc(OC)cc2)c2ncc(F)cc2[C@@H](C)N2c3nc(OC[C@H]4CCN4C)nc4c(F)c(-c5c(C6(F)CC6)c(Cl)cc6c5cnn6C5CCCCO5)nc(c34)OC[C@@H]2C)cc1. The number of benzene rings is 3. The van der Waals surface area contributed by atoms with Crippen molar-refractivity contribution < 1.29 is 36.9 Å². The molecule has 4 aromatic heterocycles. The molecule has 7 aromatic rings. The Morgan fingerprint density at radius 2 is 1.65 bits per heavy atom. The van der Waals surface area contributed by atoms with Crippen LogP contribution in [-0.2, 0) is 23.5 Å². The van der Waals surface area contributed by atoms with Crippen LogP contribution in [0.1, 0.15) is 86.9 Å². The average Bonchev–Trinajstić information content (AvgIpc) is 4.02. The smallest absolute Gasteiger partial charge is 0.319 e. The molecular weight excluding hydrogens is 935 g/mol. The summed E-state index contributed by atoms with van der Waals surface area (Å²) in [5, 5.41) is 5.51. The summed E-state index contributed by atoms with van der Waals surface area (Å²) in [5.41, 5.74) is 1.24. The third kappa shape index (κ3) is 8.79. The molecule has 1 aliphatic carbocycles. The number of rotatable bonds is 15. The number of halogens is 4. The van der Waals surface area contributed by atoms with Crippen molar-refractivity contribution in [3.63, 3.8) is 0 Å².